The van der Waals surface area contributed by atoms with Crippen LogP contribution in [0.15, 0.2) is 42.5 Å². The molecule has 0 atom stereocenters. The molecule has 4 heteroatoms. The molecule has 2 amide bonds. The zero-order valence-electron chi connectivity index (χ0n) is 17.7. The van der Waals surface area contributed by atoms with Gasteiger partial charge in [-0.05, 0) is 62.3 Å². The number of rotatable bonds is 2. The van der Waals surface area contributed by atoms with Gasteiger partial charge in [0.1, 0.15) is 0 Å². The van der Waals surface area contributed by atoms with E-state index >= 15 is 0 Å². The lowest BCUT2D eigenvalue weighted by atomic mass is 9.72. The second kappa shape index (κ2) is 7.66. The molecule has 2 aliphatic heterocycles. The maximum Gasteiger partial charge on any atom is 0.254 e. The number of amides is 2. The van der Waals surface area contributed by atoms with Gasteiger partial charge in [-0.25, -0.2) is 0 Å². The van der Waals surface area contributed by atoms with Gasteiger partial charge in [0.05, 0.1) is 5.41 Å². The number of fused-ring (bicyclic) bond motifs is 1. The molecule has 0 radical (unpaired) electrons. The van der Waals surface area contributed by atoms with Crippen LogP contribution in [0.3, 0.4) is 0 Å². The van der Waals surface area contributed by atoms with Gasteiger partial charge < -0.3 is 9.80 Å². The molecule has 0 aromatic heterocycles. The van der Waals surface area contributed by atoms with Gasteiger partial charge in [0.2, 0.25) is 5.91 Å². The minimum absolute atomic E-state index is 0.101. The van der Waals surface area contributed by atoms with Crippen LogP contribution < -0.4 is 0 Å². The number of hydrogen-bond acceptors (Lipinski definition) is 2. The summed E-state index contributed by atoms with van der Waals surface area (Å²) in [6, 6.07) is 14.4. The van der Waals surface area contributed by atoms with Crippen molar-refractivity contribution in [2.24, 2.45) is 5.41 Å². The molecule has 2 aromatic carbocycles. The third-order valence-electron chi connectivity index (χ3n) is 6.83. The molecule has 4 nitrogen and oxygen atoms in total. The van der Waals surface area contributed by atoms with Crippen molar-refractivity contribution < 1.29 is 9.59 Å². The third kappa shape index (κ3) is 3.45. The average Bonchev–Trinajstić information content (AvgIpc) is 2.83. The zero-order chi connectivity index (χ0) is 20.6. The molecule has 0 saturated carbocycles. The number of carbonyl (C=O) groups excluding carboxylic acids is 2. The van der Waals surface area contributed by atoms with Crippen LogP contribution in [0.4, 0.5) is 0 Å². The summed E-state index contributed by atoms with van der Waals surface area (Å²) >= 11 is 0. The molecule has 29 heavy (non-hydrogen) atoms. The molecule has 1 saturated heterocycles. The van der Waals surface area contributed by atoms with Crippen LogP contribution in [0, 0.1) is 19.3 Å². The van der Waals surface area contributed by atoms with E-state index in [1.54, 1.807) is 0 Å². The first-order valence-electron chi connectivity index (χ1n) is 10.7. The highest BCUT2D eigenvalue weighted by Crippen LogP contribution is 2.41. The first-order chi connectivity index (χ1) is 13.9. The van der Waals surface area contributed by atoms with E-state index in [2.05, 4.69) is 31.2 Å². The Balaban J connectivity index is 1.59. The molecular weight excluding hydrogens is 360 g/mol. The Morgan fingerprint density at radius 3 is 2.21 bits per heavy atom. The topological polar surface area (TPSA) is 40.6 Å². The monoisotopic (exact) mass is 390 g/mol. The van der Waals surface area contributed by atoms with Crippen LogP contribution in [-0.4, -0.2) is 41.2 Å². The van der Waals surface area contributed by atoms with Gasteiger partial charge in [-0.15, -0.1) is 0 Å². The van der Waals surface area contributed by atoms with E-state index in [1.807, 2.05) is 41.8 Å². The zero-order valence-corrected chi connectivity index (χ0v) is 17.7. The van der Waals surface area contributed by atoms with Gasteiger partial charge in [-0.3, -0.25) is 9.59 Å². The van der Waals surface area contributed by atoms with E-state index in [9.17, 15) is 9.59 Å². The Hall–Kier alpha value is -2.62. The second-order valence-corrected chi connectivity index (χ2v) is 8.60. The van der Waals surface area contributed by atoms with Crippen molar-refractivity contribution in [3.8, 4) is 0 Å². The van der Waals surface area contributed by atoms with E-state index in [1.165, 1.54) is 11.1 Å². The predicted molar refractivity (Wildman–Crippen MR) is 115 cm³/mol. The number of nitrogens with zero attached hydrogens (tertiary/aromatic N) is 2. The lowest BCUT2D eigenvalue weighted by Gasteiger charge is -2.42. The SMILES string of the molecule is CCN1Cc2ccccc2CC2(CCN(C(=O)c3c(C)cccc3C)CC2)C1=O. The van der Waals surface area contributed by atoms with Crippen molar-refractivity contribution in [2.45, 2.75) is 46.6 Å². The first kappa shape index (κ1) is 19.7. The third-order valence-corrected chi connectivity index (χ3v) is 6.83. The lowest BCUT2D eigenvalue weighted by Crippen LogP contribution is -2.51. The molecule has 0 aliphatic carbocycles. The minimum atomic E-state index is -0.389. The van der Waals surface area contributed by atoms with E-state index in [-0.39, 0.29) is 17.2 Å². The van der Waals surface area contributed by atoms with Crippen LogP contribution in [-0.2, 0) is 17.8 Å². The normalized spacial score (nSPS) is 18.5. The highest BCUT2D eigenvalue weighted by molar-refractivity contribution is 5.97. The van der Waals surface area contributed by atoms with E-state index in [0.717, 1.165) is 42.5 Å². The van der Waals surface area contributed by atoms with Gasteiger partial charge in [0.25, 0.3) is 5.91 Å². The fourth-order valence-electron chi connectivity index (χ4n) is 5.03. The Morgan fingerprint density at radius 1 is 0.966 bits per heavy atom. The van der Waals surface area contributed by atoms with Crippen LogP contribution in [0.2, 0.25) is 0 Å². The molecule has 1 fully saturated rings. The van der Waals surface area contributed by atoms with Gasteiger partial charge in [0.15, 0.2) is 0 Å². The minimum Gasteiger partial charge on any atom is -0.339 e. The molecule has 152 valence electrons. The summed E-state index contributed by atoms with van der Waals surface area (Å²) in [5.74, 6) is 0.361. The smallest absolute Gasteiger partial charge is 0.254 e. The Kier molecular flexibility index (Phi) is 5.20. The van der Waals surface area contributed by atoms with Crippen molar-refractivity contribution in [2.75, 3.05) is 19.6 Å². The number of benzene rings is 2. The number of aryl methyl sites for hydroxylation is 2. The van der Waals surface area contributed by atoms with Crippen LogP contribution in [0.25, 0.3) is 0 Å². The van der Waals surface area contributed by atoms with Gasteiger partial charge in [-0.1, -0.05) is 42.5 Å². The summed E-state index contributed by atoms with van der Waals surface area (Å²) in [5, 5.41) is 0. The molecule has 0 bridgehead atoms. The van der Waals surface area contributed by atoms with Crippen molar-refractivity contribution in [1.29, 1.82) is 0 Å². The van der Waals surface area contributed by atoms with E-state index in [0.29, 0.717) is 19.6 Å². The largest absolute Gasteiger partial charge is 0.339 e. The highest BCUT2D eigenvalue weighted by Gasteiger charge is 2.46. The molecule has 4 rings (SSSR count). The van der Waals surface area contributed by atoms with E-state index < -0.39 is 0 Å². The molecule has 2 aliphatic rings. The Labute approximate surface area is 173 Å². The fourth-order valence-corrected chi connectivity index (χ4v) is 5.03. The maximum atomic E-state index is 13.5. The predicted octanol–water partition coefficient (Wildman–Crippen LogP) is 4.13. The summed E-state index contributed by atoms with van der Waals surface area (Å²) < 4.78 is 0. The summed E-state index contributed by atoms with van der Waals surface area (Å²) in [7, 11) is 0. The number of carbonyl (C=O) groups is 2. The van der Waals surface area contributed by atoms with Gasteiger partial charge >= 0.3 is 0 Å². The lowest BCUT2D eigenvalue weighted by molar-refractivity contribution is -0.144. The molecule has 0 unspecified atom stereocenters. The van der Waals surface area contributed by atoms with Gasteiger partial charge in [0, 0.05) is 31.7 Å². The summed E-state index contributed by atoms with van der Waals surface area (Å²) in [6.07, 6.45) is 2.24. The maximum absolute atomic E-state index is 13.5. The number of hydrogen-bond donors (Lipinski definition) is 0. The fraction of sp³-hybridized carbons (Fsp3) is 0.440. The van der Waals surface area contributed by atoms with E-state index in [4.69, 9.17) is 0 Å². The van der Waals surface area contributed by atoms with Crippen molar-refractivity contribution >= 4 is 11.8 Å². The first-order valence-corrected chi connectivity index (χ1v) is 10.7. The van der Waals surface area contributed by atoms with Crippen molar-refractivity contribution in [3.05, 3.63) is 70.3 Å². The Bertz CT molecular complexity index is 921. The molecular formula is C25H30N2O2. The summed E-state index contributed by atoms with van der Waals surface area (Å²) in [5.41, 5.74) is 5.01. The Morgan fingerprint density at radius 2 is 1.59 bits per heavy atom. The van der Waals surface area contributed by atoms with Gasteiger partial charge in [-0.2, -0.15) is 0 Å². The average molecular weight is 391 g/mol. The molecule has 0 N–H and O–H groups in total. The standard InChI is InChI=1S/C25H30N2O2/c1-4-26-17-21-11-6-5-10-20(21)16-25(24(26)29)12-14-27(15-13-25)23(28)22-18(2)8-7-9-19(22)3/h5-11H,4,12-17H2,1-3H3. The highest BCUT2D eigenvalue weighted by atomic mass is 16.2. The summed E-state index contributed by atoms with van der Waals surface area (Å²) in [6.45, 7) is 8.74. The quantitative estimate of drug-likeness (QED) is 0.774. The molecule has 2 heterocycles. The number of likely N-dealkylation sites (tertiary alicyclic amines) is 1. The van der Waals surface area contributed by atoms with Crippen LogP contribution in [0.5, 0.6) is 0 Å². The molecule has 1 spiro atoms. The van der Waals surface area contributed by atoms with Crippen molar-refractivity contribution in [1.82, 2.24) is 9.80 Å². The van der Waals surface area contributed by atoms with Crippen molar-refractivity contribution in [3.63, 3.8) is 0 Å². The molecule has 2 aromatic rings. The second-order valence-electron chi connectivity index (χ2n) is 8.60. The number of piperidine rings is 1. The van der Waals surface area contributed by atoms with Crippen LogP contribution >= 0.6 is 0 Å². The summed E-state index contributed by atoms with van der Waals surface area (Å²) in [4.78, 5) is 30.7. The van der Waals surface area contributed by atoms with Crippen LogP contribution in [0.1, 0.15) is 52.4 Å².